The van der Waals surface area contributed by atoms with E-state index in [0.717, 1.165) is 32.5 Å². The normalized spacial score (nSPS) is 29.2. The summed E-state index contributed by atoms with van der Waals surface area (Å²) < 4.78 is 5.35. The zero-order chi connectivity index (χ0) is 12.3. The van der Waals surface area contributed by atoms with Gasteiger partial charge in [-0.1, -0.05) is 5.16 Å². The molecule has 0 aromatic rings. The van der Waals surface area contributed by atoms with Gasteiger partial charge in [-0.25, -0.2) is 0 Å². The number of rotatable bonds is 5. The van der Waals surface area contributed by atoms with Crippen LogP contribution in [0.5, 0.6) is 0 Å². The van der Waals surface area contributed by atoms with E-state index in [1.807, 2.05) is 0 Å². The molecule has 98 valence electrons. The molecule has 2 aliphatic rings. The van der Waals surface area contributed by atoms with Crippen molar-refractivity contribution < 1.29 is 15.1 Å². The molecule has 6 nitrogen and oxygen atoms in total. The smallest absolute Gasteiger partial charge is 0.139 e. The van der Waals surface area contributed by atoms with Crippen LogP contribution >= 0.6 is 0 Å². The van der Waals surface area contributed by atoms with Crippen LogP contribution in [-0.2, 0) is 4.74 Å². The Labute approximate surface area is 101 Å². The third kappa shape index (κ3) is 3.08. The van der Waals surface area contributed by atoms with Crippen molar-refractivity contribution in [3.8, 4) is 0 Å². The average Bonchev–Trinajstić information content (AvgIpc) is 3.09. The summed E-state index contributed by atoms with van der Waals surface area (Å²) in [4.78, 5) is 2.27. The molecular formula is C11H21N3O3. The van der Waals surface area contributed by atoms with Gasteiger partial charge in [-0.2, -0.15) is 0 Å². The molecule has 0 amide bonds. The minimum absolute atomic E-state index is 0.0912. The number of aliphatic hydroxyl groups excluding tert-OH is 1. The van der Waals surface area contributed by atoms with Gasteiger partial charge in [0.2, 0.25) is 0 Å². The van der Waals surface area contributed by atoms with Gasteiger partial charge in [0, 0.05) is 19.5 Å². The van der Waals surface area contributed by atoms with Gasteiger partial charge in [-0.3, -0.25) is 4.90 Å². The molecule has 6 heteroatoms. The minimum atomic E-state index is 0.0912. The van der Waals surface area contributed by atoms with Crippen LogP contribution in [0, 0.1) is 5.41 Å². The molecule has 4 N–H and O–H groups in total. The van der Waals surface area contributed by atoms with E-state index in [0.29, 0.717) is 18.9 Å². The summed E-state index contributed by atoms with van der Waals surface area (Å²) in [6, 6.07) is 0.0912. The summed E-state index contributed by atoms with van der Waals surface area (Å²) in [5.74, 6) is 0.302. The summed E-state index contributed by atoms with van der Waals surface area (Å²) in [5, 5.41) is 21.0. The Morgan fingerprint density at radius 1 is 1.53 bits per heavy atom. The second-order valence-corrected chi connectivity index (χ2v) is 5.15. The van der Waals surface area contributed by atoms with Crippen LogP contribution < -0.4 is 5.73 Å². The number of nitrogens with zero attached hydrogens (tertiary/aromatic N) is 2. The average molecular weight is 243 g/mol. The van der Waals surface area contributed by atoms with E-state index in [-0.39, 0.29) is 18.1 Å². The zero-order valence-electron chi connectivity index (χ0n) is 10.0. The highest BCUT2D eigenvalue weighted by Gasteiger charge is 2.45. The lowest BCUT2D eigenvalue weighted by molar-refractivity contribution is -0.0350. The number of morpholine rings is 1. The lowest BCUT2D eigenvalue weighted by atomic mass is 10.00. The van der Waals surface area contributed by atoms with Gasteiger partial charge in [0.15, 0.2) is 0 Å². The maximum Gasteiger partial charge on any atom is 0.139 e. The number of nitrogens with two attached hydrogens (primary N) is 1. The molecule has 1 aliphatic heterocycles. The summed E-state index contributed by atoms with van der Waals surface area (Å²) in [5.41, 5.74) is 5.73. The number of amidine groups is 1. The molecule has 1 saturated heterocycles. The van der Waals surface area contributed by atoms with Crippen LogP contribution in [-0.4, -0.2) is 60.0 Å². The second-order valence-electron chi connectivity index (χ2n) is 5.15. The van der Waals surface area contributed by atoms with Crippen molar-refractivity contribution in [2.75, 3.05) is 32.9 Å². The minimum Gasteiger partial charge on any atom is -0.409 e. The van der Waals surface area contributed by atoms with E-state index in [2.05, 4.69) is 10.1 Å². The molecule has 0 aromatic carbocycles. The van der Waals surface area contributed by atoms with E-state index in [9.17, 15) is 5.11 Å². The maximum atomic E-state index is 9.30. The van der Waals surface area contributed by atoms with Crippen molar-refractivity contribution in [3.05, 3.63) is 0 Å². The monoisotopic (exact) mass is 243 g/mol. The third-order valence-electron chi connectivity index (χ3n) is 3.74. The predicted octanol–water partition coefficient (Wildman–Crippen LogP) is -0.404. The fourth-order valence-corrected chi connectivity index (χ4v) is 2.48. The topological polar surface area (TPSA) is 91.3 Å². The van der Waals surface area contributed by atoms with Gasteiger partial charge in [-0.05, 0) is 18.3 Å². The molecule has 17 heavy (non-hydrogen) atoms. The highest BCUT2D eigenvalue weighted by Crippen LogP contribution is 2.49. The fourth-order valence-electron chi connectivity index (χ4n) is 2.48. The Morgan fingerprint density at radius 3 is 2.88 bits per heavy atom. The Hall–Kier alpha value is -0.850. The van der Waals surface area contributed by atoms with E-state index >= 15 is 0 Å². The zero-order valence-corrected chi connectivity index (χ0v) is 10.0. The molecule has 1 aliphatic carbocycles. The molecule has 1 saturated carbocycles. The van der Waals surface area contributed by atoms with E-state index in [1.54, 1.807) is 0 Å². The summed E-state index contributed by atoms with van der Waals surface area (Å²) in [6.07, 6.45) is 2.86. The molecular weight excluding hydrogens is 222 g/mol. The van der Waals surface area contributed by atoms with Crippen LogP contribution in [0.25, 0.3) is 0 Å². The van der Waals surface area contributed by atoms with Gasteiger partial charge < -0.3 is 20.8 Å². The molecule has 0 aromatic heterocycles. The van der Waals surface area contributed by atoms with Crippen LogP contribution in [0.15, 0.2) is 5.16 Å². The Balaban J connectivity index is 1.90. The Bertz CT molecular complexity index is 292. The number of hydrogen-bond acceptors (Lipinski definition) is 5. The van der Waals surface area contributed by atoms with Gasteiger partial charge in [0.25, 0.3) is 0 Å². The van der Waals surface area contributed by atoms with Crippen molar-refractivity contribution in [2.24, 2.45) is 16.3 Å². The van der Waals surface area contributed by atoms with E-state index in [4.69, 9.17) is 15.7 Å². The first-order valence-corrected chi connectivity index (χ1v) is 6.08. The highest BCUT2D eigenvalue weighted by atomic mass is 16.5. The number of aliphatic hydroxyl groups is 1. The SMILES string of the molecule is NC(CC1(CN2CCOCC2CO)CC1)=NO. The van der Waals surface area contributed by atoms with Gasteiger partial charge >= 0.3 is 0 Å². The Kier molecular flexibility index (Phi) is 3.86. The first-order chi connectivity index (χ1) is 8.19. The summed E-state index contributed by atoms with van der Waals surface area (Å²) in [6.45, 7) is 3.19. The van der Waals surface area contributed by atoms with Crippen molar-refractivity contribution in [1.82, 2.24) is 4.90 Å². The molecule has 1 atom stereocenters. The first kappa shape index (κ1) is 12.6. The first-order valence-electron chi connectivity index (χ1n) is 6.08. The van der Waals surface area contributed by atoms with Gasteiger partial charge in [-0.15, -0.1) is 0 Å². The standard InChI is InChI=1S/C11H21N3O3/c12-10(13-16)5-11(1-2-11)8-14-3-4-17-7-9(14)6-15/h9,15-16H,1-8H2,(H2,12,13). The molecule has 1 unspecified atom stereocenters. The van der Waals surface area contributed by atoms with Crippen LogP contribution in [0.3, 0.4) is 0 Å². The van der Waals surface area contributed by atoms with Gasteiger partial charge in [0.05, 0.1) is 25.9 Å². The molecule has 1 heterocycles. The number of oxime groups is 1. The number of ether oxygens (including phenoxy) is 1. The summed E-state index contributed by atoms with van der Waals surface area (Å²) >= 11 is 0. The third-order valence-corrected chi connectivity index (χ3v) is 3.74. The van der Waals surface area contributed by atoms with Crippen molar-refractivity contribution in [1.29, 1.82) is 0 Å². The van der Waals surface area contributed by atoms with Crippen LogP contribution in [0.1, 0.15) is 19.3 Å². The van der Waals surface area contributed by atoms with Crippen LogP contribution in [0.4, 0.5) is 0 Å². The van der Waals surface area contributed by atoms with E-state index in [1.165, 1.54) is 0 Å². The highest BCUT2D eigenvalue weighted by molar-refractivity contribution is 5.80. The van der Waals surface area contributed by atoms with E-state index < -0.39 is 0 Å². The lowest BCUT2D eigenvalue weighted by Gasteiger charge is -2.36. The van der Waals surface area contributed by atoms with Crippen molar-refractivity contribution >= 4 is 5.84 Å². The van der Waals surface area contributed by atoms with Crippen LogP contribution in [0.2, 0.25) is 0 Å². The molecule has 0 radical (unpaired) electrons. The van der Waals surface area contributed by atoms with Gasteiger partial charge in [0.1, 0.15) is 5.84 Å². The van der Waals surface area contributed by atoms with Crippen molar-refractivity contribution in [3.63, 3.8) is 0 Å². The molecule has 2 fully saturated rings. The molecule has 0 spiro atoms. The Morgan fingerprint density at radius 2 is 2.29 bits per heavy atom. The molecule has 2 rings (SSSR count). The lowest BCUT2D eigenvalue weighted by Crippen LogP contribution is -2.50. The largest absolute Gasteiger partial charge is 0.409 e. The predicted molar refractivity (Wildman–Crippen MR) is 63.0 cm³/mol. The quantitative estimate of drug-likeness (QED) is 0.264. The maximum absolute atomic E-state index is 9.30. The fraction of sp³-hybridized carbons (Fsp3) is 0.909. The number of hydrogen-bond donors (Lipinski definition) is 3. The second kappa shape index (κ2) is 5.20. The van der Waals surface area contributed by atoms with Crippen molar-refractivity contribution in [2.45, 2.75) is 25.3 Å². The summed E-state index contributed by atoms with van der Waals surface area (Å²) in [7, 11) is 0. The molecule has 0 bridgehead atoms.